The predicted octanol–water partition coefficient (Wildman–Crippen LogP) is 4.40. The number of pyridine rings is 1. The van der Waals surface area contributed by atoms with Gasteiger partial charge >= 0.3 is 0 Å². The van der Waals surface area contributed by atoms with Crippen molar-refractivity contribution in [2.45, 2.75) is 39.2 Å². The summed E-state index contributed by atoms with van der Waals surface area (Å²) >= 11 is 0. The Hall–Kier alpha value is -3.82. The molecule has 0 atom stereocenters. The minimum Gasteiger partial charge on any atom is -0.485 e. The molecule has 35 heavy (non-hydrogen) atoms. The fraction of sp³-hybridized carbons (Fsp3) is 0.320. The highest BCUT2D eigenvalue weighted by Gasteiger charge is 2.24. The standard InChI is InChI=1S/C25H27F3N6O/c1-13(29)19-8-18(9-20(30)24(27)28)34-21-5-4-17(26)6-16(21)12-35-22-7-15(11-33-25(22)31)23(19)32-10-14-2-3-14/h4-7,9,11,14,24H,2-3,8,10,12,29-30H2,1H3,(H2,31,33). The predicted molar refractivity (Wildman–Crippen MR) is 130 cm³/mol. The number of aromatic nitrogens is 1. The van der Waals surface area contributed by atoms with Crippen LogP contribution in [0.1, 0.15) is 37.3 Å². The SMILES string of the molecule is CC(N)=C1CC(C=C(N)C(F)F)=Nc2ccc(F)cc2COc2cc(cnc2N)C1=NCC1CC1. The van der Waals surface area contributed by atoms with Crippen molar-refractivity contribution >= 4 is 22.9 Å². The minimum atomic E-state index is -2.87. The van der Waals surface area contributed by atoms with E-state index in [0.717, 1.165) is 18.9 Å². The van der Waals surface area contributed by atoms with Crippen molar-refractivity contribution in [1.82, 2.24) is 4.98 Å². The van der Waals surface area contributed by atoms with Gasteiger partial charge in [-0.25, -0.2) is 18.2 Å². The molecule has 2 heterocycles. The second-order valence-corrected chi connectivity index (χ2v) is 8.69. The molecule has 6 N–H and O–H groups in total. The Bertz CT molecular complexity index is 1240. The molecule has 0 unspecified atom stereocenters. The number of aliphatic imine (C=N–C) groups is 2. The van der Waals surface area contributed by atoms with Crippen molar-refractivity contribution < 1.29 is 17.9 Å². The number of nitrogens with zero attached hydrogens (tertiary/aromatic N) is 3. The number of anilines is 1. The number of alkyl halides is 2. The van der Waals surface area contributed by atoms with E-state index in [9.17, 15) is 13.2 Å². The summed E-state index contributed by atoms with van der Waals surface area (Å²) in [5.74, 6) is 0.464. The average Bonchev–Trinajstić information content (AvgIpc) is 3.63. The number of hydrogen-bond donors (Lipinski definition) is 3. The third-order valence-corrected chi connectivity index (χ3v) is 5.75. The molecule has 1 aromatic carbocycles. The maximum absolute atomic E-state index is 14.0. The molecule has 0 saturated heterocycles. The van der Waals surface area contributed by atoms with Gasteiger partial charge in [0.25, 0.3) is 6.43 Å². The number of nitrogens with two attached hydrogens (primary N) is 3. The van der Waals surface area contributed by atoms with E-state index in [2.05, 4.69) is 9.98 Å². The lowest BCUT2D eigenvalue weighted by Crippen LogP contribution is -2.18. The molecule has 0 spiro atoms. The highest BCUT2D eigenvalue weighted by Crippen LogP contribution is 2.32. The van der Waals surface area contributed by atoms with Crippen LogP contribution < -0.4 is 21.9 Å². The molecule has 7 nitrogen and oxygen atoms in total. The fourth-order valence-electron chi connectivity index (χ4n) is 3.64. The van der Waals surface area contributed by atoms with E-state index < -0.39 is 17.9 Å². The Kier molecular flexibility index (Phi) is 7.09. The van der Waals surface area contributed by atoms with E-state index in [4.69, 9.17) is 26.9 Å². The molecule has 184 valence electrons. The summed E-state index contributed by atoms with van der Waals surface area (Å²) in [7, 11) is 0. The van der Waals surface area contributed by atoms with Gasteiger partial charge in [-0.2, -0.15) is 0 Å². The smallest absolute Gasteiger partial charge is 0.277 e. The van der Waals surface area contributed by atoms with Gasteiger partial charge in [-0.1, -0.05) is 0 Å². The minimum absolute atomic E-state index is 0.0661. The van der Waals surface area contributed by atoms with Crippen LogP contribution in [0.5, 0.6) is 5.75 Å². The molecule has 10 heteroatoms. The molecule has 1 aromatic heterocycles. The monoisotopic (exact) mass is 484 g/mol. The lowest BCUT2D eigenvalue weighted by atomic mass is 9.95. The van der Waals surface area contributed by atoms with E-state index in [-0.39, 0.29) is 24.6 Å². The number of ether oxygens (including phenoxy) is 1. The van der Waals surface area contributed by atoms with Gasteiger partial charge in [0.1, 0.15) is 12.4 Å². The maximum atomic E-state index is 14.0. The van der Waals surface area contributed by atoms with Crippen LogP contribution in [0.15, 0.2) is 63.5 Å². The van der Waals surface area contributed by atoms with Crippen molar-refractivity contribution in [1.29, 1.82) is 0 Å². The van der Waals surface area contributed by atoms with Crippen molar-refractivity contribution in [3.8, 4) is 5.75 Å². The highest BCUT2D eigenvalue weighted by atomic mass is 19.3. The number of nitrogen functional groups attached to an aromatic ring is 1. The maximum Gasteiger partial charge on any atom is 0.277 e. The van der Waals surface area contributed by atoms with Crippen LogP contribution in [0.4, 0.5) is 24.7 Å². The molecule has 2 aliphatic rings. The average molecular weight is 485 g/mol. The quantitative estimate of drug-likeness (QED) is 0.593. The van der Waals surface area contributed by atoms with Crippen molar-refractivity contribution in [3.63, 3.8) is 0 Å². The van der Waals surface area contributed by atoms with Crippen LogP contribution in [0.3, 0.4) is 0 Å². The molecule has 4 rings (SSSR count). The van der Waals surface area contributed by atoms with Crippen molar-refractivity contribution in [3.05, 3.63) is 70.4 Å². The molecule has 0 radical (unpaired) electrons. The van der Waals surface area contributed by atoms with E-state index >= 15 is 0 Å². The van der Waals surface area contributed by atoms with E-state index in [1.165, 1.54) is 18.2 Å². The van der Waals surface area contributed by atoms with Crippen molar-refractivity contribution in [2.75, 3.05) is 12.3 Å². The molecule has 2 bridgehead atoms. The number of fused-ring (bicyclic) bond motifs is 3. The van der Waals surface area contributed by atoms with E-state index in [1.54, 1.807) is 19.2 Å². The Morgan fingerprint density at radius 2 is 2.03 bits per heavy atom. The molecular weight excluding hydrogens is 457 g/mol. The van der Waals surface area contributed by atoms with Crippen LogP contribution in [0.2, 0.25) is 0 Å². The van der Waals surface area contributed by atoms with Gasteiger partial charge in [-0.15, -0.1) is 0 Å². The van der Waals surface area contributed by atoms with Crippen LogP contribution in [0, 0.1) is 11.7 Å². The van der Waals surface area contributed by atoms with Crippen LogP contribution in [0.25, 0.3) is 0 Å². The Morgan fingerprint density at radius 1 is 1.26 bits per heavy atom. The zero-order chi connectivity index (χ0) is 25.1. The topological polar surface area (TPSA) is 125 Å². The number of hydrogen-bond acceptors (Lipinski definition) is 7. The largest absolute Gasteiger partial charge is 0.485 e. The number of benzene rings is 1. The zero-order valence-electron chi connectivity index (χ0n) is 19.3. The third-order valence-electron chi connectivity index (χ3n) is 5.75. The lowest BCUT2D eigenvalue weighted by molar-refractivity contribution is 0.188. The number of rotatable bonds is 4. The summed E-state index contributed by atoms with van der Waals surface area (Å²) in [5.41, 5.74) is 20.4. The fourth-order valence-corrected chi connectivity index (χ4v) is 3.64. The summed E-state index contributed by atoms with van der Waals surface area (Å²) < 4.78 is 46.5. The Balaban J connectivity index is 1.92. The first-order valence-electron chi connectivity index (χ1n) is 11.2. The van der Waals surface area contributed by atoms with Crippen LogP contribution in [-0.2, 0) is 6.61 Å². The molecule has 1 aliphatic heterocycles. The number of halogens is 3. The first kappa shape index (κ1) is 24.3. The van der Waals surface area contributed by atoms with Gasteiger partial charge in [0.05, 0.1) is 17.1 Å². The Labute approximate surface area is 201 Å². The van der Waals surface area contributed by atoms with Gasteiger partial charge in [0.15, 0.2) is 11.6 Å². The first-order valence-corrected chi connectivity index (χ1v) is 11.2. The van der Waals surface area contributed by atoms with Crippen molar-refractivity contribution in [2.24, 2.45) is 27.4 Å². The Morgan fingerprint density at radius 3 is 2.71 bits per heavy atom. The van der Waals surface area contributed by atoms with Gasteiger partial charge in [-0.05, 0) is 56.0 Å². The second-order valence-electron chi connectivity index (χ2n) is 8.69. The van der Waals surface area contributed by atoms with Gasteiger partial charge in [0.2, 0.25) is 0 Å². The first-order chi connectivity index (χ1) is 16.7. The van der Waals surface area contributed by atoms with E-state index in [0.29, 0.717) is 52.0 Å². The lowest BCUT2D eigenvalue weighted by Gasteiger charge is -2.18. The summed E-state index contributed by atoms with van der Waals surface area (Å²) in [4.78, 5) is 13.6. The van der Waals surface area contributed by atoms with Crippen LogP contribution in [-0.4, -0.2) is 29.4 Å². The summed E-state index contributed by atoms with van der Waals surface area (Å²) in [6.45, 7) is 2.23. The normalized spacial score (nSPS) is 19.4. The summed E-state index contributed by atoms with van der Waals surface area (Å²) in [6, 6.07) is 5.65. The zero-order valence-corrected chi connectivity index (χ0v) is 19.3. The molecular formula is C25H27F3N6O. The van der Waals surface area contributed by atoms with Crippen LogP contribution >= 0.6 is 0 Å². The second kappa shape index (κ2) is 10.2. The third kappa shape index (κ3) is 6.00. The van der Waals surface area contributed by atoms with E-state index in [1.807, 2.05) is 0 Å². The summed E-state index contributed by atoms with van der Waals surface area (Å²) in [6.07, 6.45) is 2.08. The summed E-state index contributed by atoms with van der Waals surface area (Å²) in [5, 5.41) is 0. The van der Waals surface area contributed by atoms with Gasteiger partial charge in [0, 0.05) is 47.3 Å². The molecule has 1 aliphatic carbocycles. The molecule has 2 aromatic rings. The highest BCUT2D eigenvalue weighted by molar-refractivity contribution is 6.17. The number of allylic oxidation sites excluding steroid dienone is 4. The van der Waals surface area contributed by atoms with Gasteiger partial charge < -0.3 is 21.9 Å². The van der Waals surface area contributed by atoms with Gasteiger partial charge in [-0.3, -0.25) is 9.98 Å². The molecule has 1 fully saturated rings. The molecule has 0 amide bonds. The molecule has 1 saturated carbocycles.